The molecular weight excluding hydrogens is 264 g/mol. The van der Waals surface area contributed by atoms with E-state index in [1.165, 1.54) is 12.8 Å². The minimum atomic E-state index is 0.519. The summed E-state index contributed by atoms with van der Waals surface area (Å²) >= 11 is 0. The lowest BCUT2D eigenvalue weighted by molar-refractivity contribution is 0.277. The van der Waals surface area contributed by atoms with Crippen molar-refractivity contribution < 1.29 is 4.74 Å². The molecular formula is C16H26N4O. The highest BCUT2D eigenvalue weighted by molar-refractivity contribution is 5.78. The fourth-order valence-corrected chi connectivity index (χ4v) is 2.38. The first-order valence-electron chi connectivity index (χ1n) is 7.82. The Hall–Kier alpha value is -1.78. The molecule has 1 fully saturated rings. The molecule has 0 aromatic carbocycles. The number of likely N-dealkylation sites (tertiary alicyclic amines) is 1. The lowest BCUT2D eigenvalue weighted by Crippen LogP contribution is -2.42. The van der Waals surface area contributed by atoms with Crippen LogP contribution >= 0.6 is 0 Å². The topological polar surface area (TPSA) is 63.7 Å². The van der Waals surface area contributed by atoms with Crippen molar-refractivity contribution in [2.45, 2.75) is 39.7 Å². The van der Waals surface area contributed by atoms with Crippen LogP contribution in [0, 0.1) is 5.92 Å². The predicted octanol–water partition coefficient (Wildman–Crippen LogP) is 2.42. The van der Waals surface area contributed by atoms with E-state index in [0.29, 0.717) is 25.0 Å². The predicted molar refractivity (Wildman–Crippen MR) is 85.3 cm³/mol. The maximum Gasteiger partial charge on any atom is 0.218 e. The van der Waals surface area contributed by atoms with Gasteiger partial charge in [-0.2, -0.15) is 0 Å². The number of hydrogen-bond acceptors (Lipinski definition) is 3. The number of aromatic nitrogens is 1. The molecule has 1 saturated heterocycles. The second kappa shape index (κ2) is 7.86. The largest absolute Gasteiger partial charge is 0.477 e. The van der Waals surface area contributed by atoms with Crippen molar-refractivity contribution in [2.75, 3.05) is 19.7 Å². The van der Waals surface area contributed by atoms with Crippen LogP contribution in [0.5, 0.6) is 5.88 Å². The Morgan fingerprint density at radius 1 is 1.48 bits per heavy atom. The fourth-order valence-electron chi connectivity index (χ4n) is 2.38. The van der Waals surface area contributed by atoms with Crippen molar-refractivity contribution in [3.05, 3.63) is 23.9 Å². The Labute approximate surface area is 127 Å². The van der Waals surface area contributed by atoms with Gasteiger partial charge in [0.15, 0.2) is 5.96 Å². The van der Waals surface area contributed by atoms with E-state index in [1.54, 1.807) is 6.20 Å². The zero-order chi connectivity index (χ0) is 15.1. The molecule has 0 aliphatic carbocycles. The van der Waals surface area contributed by atoms with Crippen LogP contribution in [0.25, 0.3) is 0 Å². The molecule has 1 aliphatic rings. The summed E-state index contributed by atoms with van der Waals surface area (Å²) in [4.78, 5) is 11.0. The lowest BCUT2D eigenvalue weighted by atomic mass is 10.00. The molecule has 21 heavy (non-hydrogen) atoms. The first-order chi connectivity index (χ1) is 10.2. The summed E-state index contributed by atoms with van der Waals surface area (Å²) in [6.45, 7) is 7.57. The number of nitrogens with two attached hydrogens (primary N) is 1. The van der Waals surface area contributed by atoms with Crippen LogP contribution < -0.4 is 10.5 Å². The van der Waals surface area contributed by atoms with E-state index >= 15 is 0 Å². The third-order valence-electron chi connectivity index (χ3n) is 3.81. The highest BCUT2D eigenvalue weighted by atomic mass is 16.5. The van der Waals surface area contributed by atoms with Crippen LogP contribution in [-0.4, -0.2) is 35.5 Å². The number of ether oxygens (including phenoxy) is 1. The Bertz CT molecular complexity index is 467. The molecule has 5 nitrogen and oxygen atoms in total. The van der Waals surface area contributed by atoms with Crippen LogP contribution in [0.15, 0.2) is 23.3 Å². The van der Waals surface area contributed by atoms with Crippen molar-refractivity contribution in [1.82, 2.24) is 9.88 Å². The van der Waals surface area contributed by atoms with Crippen LogP contribution in [0.4, 0.5) is 0 Å². The summed E-state index contributed by atoms with van der Waals surface area (Å²) in [5, 5.41) is 0. The third kappa shape index (κ3) is 4.62. The van der Waals surface area contributed by atoms with E-state index in [2.05, 4.69) is 28.7 Å². The average molecular weight is 290 g/mol. The zero-order valence-corrected chi connectivity index (χ0v) is 13.1. The van der Waals surface area contributed by atoms with Crippen LogP contribution in [0.3, 0.4) is 0 Å². The van der Waals surface area contributed by atoms with Gasteiger partial charge in [0, 0.05) is 24.8 Å². The quantitative estimate of drug-likeness (QED) is 0.668. The molecule has 2 heterocycles. The van der Waals surface area contributed by atoms with E-state index < -0.39 is 0 Å². The maximum atomic E-state index is 6.11. The summed E-state index contributed by atoms with van der Waals surface area (Å²) < 4.78 is 5.64. The second-order valence-corrected chi connectivity index (χ2v) is 5.66. The van der Waals surface area contributed by atoms with Crippen molar-refractivity contribution in [1.29, 1.82) is 0 Å². The number of piperidine rings is 1. The van der Waals surface area contributed by atoms with Gasteiger partial charge in [-0.05, 0) is 31.2 Å². The summed E-state index contributed by atoms with van der Waals surface area (Å²) in [7, 11) is 0. The van der Waals surface area contributed by atoms with Gasteiger partial charge < -0.3 is 15.4 Å². The van der Waals surface area contributed by atoms with E-state index in [4.69, 9.17) is 10.5 Å². The Morgan fingerprint density at radius 3 is 2.95 bits per heavy atom. The lowest BCUT2D eigenvalue weighted by Gasteiger charge is -2.31. The molecule has 1 aromatic heterocycles. The monoisotopic (exact) mass is 290 g/mol. The van der Waals surface area contributed by atoms with Gasteiger partial charge in [-0.15, -0.1) is 0 Å². The van der Waals surface area contributed by atoms with E-state index in [1.807, 2.05) is 12.1 Å². The molecule has 2 N–H and O–H groups in total. The van der Waals surface area contributed by atoms with Crippen LogP contribution in [0.2, 0.25) is 0 Å². The maximum absolute atomic E-state index is 6.11. The Kier molecular flexibility index (Phi) is 5.84. The first kappa shape index (κ1) is 15.6. The minimum absolute atomic E-state index is 0.519. The van der Waals surface area contributed by atoms with Crippen molar-refractivity contribution >= 4 is 5.96 Å². The summed E-state index contributed by atoms with van der Waals surface area (Å²) in [6, 6.07) is 3.90. The zero-order valence-electron chi connectivity index (χ0n) is 13.1. The Balaban J connectivity index is 1.96. The fraction of sp³-hybridized carbons (Fsp3) is 0.625. The second-order valence-electron chi connectivity index (χ2n) is 5.66. The van der Waals surface area contributed by atoms with Gasteiger partial charge in [-0.3, -0.25) is 0 Å². The molecule has 2 rings (SSSR count). The van der Waals surface area contributed by atoms with Crippen molar-refractivity contribution in [3.8, 4) is 5.88 Å². The van der Waals surface area contributed by atoms with Crippen molar-refractivity contribution in [3.63, 3.8) is 0 Å². The average Bonchev–Trinajstić information content (AvgIpc) is 2.52. The normalized spacial score (nSPS) is 17.0. The molecule has 0 bridgehead atoms. The molecule has 0 amide bonds. The molecule has 0 unspecified atom stereocenters. The molecule has 0 atom stereocenters. The van der Waals surface area contributed by atoms with Gasteiger partial charge in [-0.1, -0.05) is 19.9 Å². The van der Waals surface area contributed by atoms with Gasteiger partial charge in [-0.25, -0.2) is 9.98 Å². The van der Waals surface area contributed by atoms with Crippen LogP contribution in [0.1, 0.15) is 38.7 Å². The van der Waals surface area contributed by atoms with Gasteiger partial charge >= 0.3 is 0 Å². The number of nitrogens with zero attached hydrogens (tertiary/aromatic N) is 3. The van der Waals surface area contributed by atoms with Crippen LogP contribution in [-0.2, 0) is 6.54 Å². The van der Waals surface area contributed by atoms with Gasteiger partial charge in [0.25, 0.3) is 0 Å². The standard InChI is InChI=1S/C16H26N4O/c1-3-11-21-15-14(5-4-8-18-15)12-19-16(17)20-9-6-13(2)7-10-20/h4-5,8,13H,3,6-7,9-12H2,1-2H3,(H2,17,19). The molecule has 5 heteroatoms. The summed E-state index contributed by atoms with van der Waals surface area (Å²) in [5.41, 5.74) is 7.09. The SMILES string of the molecule is CCCOc1ncccc1CN=C(N)N1CCC(C)CC1. The number of hydrogen-bond donors (Lipinski definition) is 1. The molecule has 116 valence electrons. The van der Waals surface area contributed by atoms with Gasteiger partial charge in [0.1, 0.15) is 0 Å². The van der Waals surface area contributed by atoms with Gasteiger partial charge in [0.05, 0.1) is 13.2 Å². The third-order valence-corrected chi connectivity index (χ3v) is 3.81. The summed E-state index contributed by atoms with van der Waals surface area (Å²) in [5.74, 6) is 2.09. The smallest absolute Gasteiger partial charge is 0.218 e. The highest BCUT2D eigenvalue weighted by Gasteiger charge is 2.17. The van der Waals surface area contributed by atoms with Crippen molar-refractivity contribution in [2.24, 2.45) is 16.6 Å². The number of pyridine rings is 1. The molecule has 0 spiro atoms. The van der Waals surface area contributed by atoms with E-state index in [0.717, 1.165) is 31.0 Å². The number of rotatable bonds is 5. The molecule has 0 saturated carbocycles. The molecule has 1 aliphatic heterocycles. The van der Waals surface area contributed by atoms with E-state index in [9.17, 15) is 0 Å². The first-order valence-corrected chi connectivity index (χ1v) is 7.82. The number of aliphatic imine (C=N–C) groups is 1. The van der Waals surface area contributed by atoms with E-state index in [-0.39, 0.29) is 0 Å². The number of guanidine groups is 1. The highest BCUT2D eigenvalue weighted by Crippen LogP contribution is 2.17. The molecule has 0 radical (unpaired) electrons. The Morgan fingerprint density at radius 2 is 2.24 bits per heavy atom. The molecule has 1 aromatic rings. The van der Waals surface area contributed by atoms with Gasteiger partial charge in [0.2, 0.25) is 5.88 Å². The summed E-state index contributed by atoms with van der Waals surface area (Å²) in [6.07, 6.45) is 5.09. The minimum Gasteiger partial charge on any atom is -0.477 e.